The normalized spacial score (nSPS) is 10.6. The van der Waals surface area contributed by atoms with Crippen LogP contribution in [0.3, 0.4) is 0 Å². The van der Waals surface area contributed by atoms with Crippen LogP contribution in [0.5, 0.6) is 0 Å². The molecule has 1 heterocycles. The van der Waals surface area contributed by atoms with Gasteiger partial charge in [-0.3, -0.25) is 0 Å². The molecule has 3 heteroatoms. The van der Waals surface area contributed by atoms with Gasteiger partial charge in [0.05, 0.1) is 12.5 Å². The Kier molecular flexibility index (Phi) is 4.36. The maximum atomic E-state index is 5.70. The molecule has 0 saturated carbocycles. The summed E-state index contributed by atoms with van der Waals surface area (Å²) >= 11 is 0. The molecule has 1 aromatic carbocycles. The summed E-state index contributed by atoms with van der Waals surface area (Å²) in [5.74, 6) is 0. The Labute approximate surface area is 102 Å². The molecule has 17 heavy (non-hydrogen) atoms. The highest BCUT2D eigenvalue weighted by molar-refractivity contribution is 5.27. The molecule has 0 amide bonds. The topological polar surface area (TPSA) is 51.2 Å². The molecule has 0 fully saturated rings. The van der Waals surface area contributed by atoms with Crippen molar-refractivity contribution < 1.29 is 4.42 Å². The van der Waals surface area contributed by atoms with Crippen molar-refractivity contribution in [1.29, 1.82) is 0 Å². The molecular formula is C14H18N2O. The van der Waals surface area contributed by atoms with E-state index in [1.165, 1.54) is 16.7 Å². The number of hydrogen-bond donors (Lipinski definition) is 2. The third-order valence-electron chi connectivity index (χ3n) is 2.82. The summed E-state index contributed by atoms with van der Waals surface area (Å²) < 4.78 is 5.01. The van der Waals surface area contributed by atoms with Gasteiger partial charge < -0.3 is 15.5 Å². The molecule has 3 nitrogen and oxygen atoms in total. The van der Waals surface area contributed by atoms with Crippen LogP contribution in [0, 0.1) is 0 Å². The summed E-state index contributed by atoms with van der Waals surface area (Å²) in [7, 11) is 0. The van der Waals surface area contributed by atoms with Gasteiger partial charge in [0.25, 0.3) is 0 Å². The molecule has 0 saturated heterocycles. The van der Waals surface area contributed by atoms with Gasteiger partial charge >= 0.3 is 0 Å². The van der Waals surface area contributed by atoms with Crippen LogP contribution in [0.1, 0.15) is 16.7 Å². The van der Waals surface area contributed by atoms with Crippen molar-refractivity contribution in [2.45, 2.75) is 19.5 Å². The fraction of sp³-hybridized carbons (Fsp3) is 0.286. The first kappa shape index (κ1) is 11.9. The van der Waals surface area contributed by atoms with Crippen LogP contribution >= 0.6 is 0 Å². The minimum absolute atomic E-state index is 0.609. The van der Waals surface area contributed by atoms with Crippen molar-refractivity contribution in [3.8, 4) is 0 Å². The number of nitrogens with one attached hydrogen (secondary N) is 1. The zero-order valence-corrected chi connectivity index (χ0v) is 9.86. The highest BCUT2D eigenvalue weighted by atomic mass is 16.3. The fourth-order valence-corrected chi connectivity index (χ4v) is 1.85. The Morgan fingerprint density at radius 1 is 1.12 bits per heavy atom. The van der Waals surface area contributed by atoms with Gasteiger partial charge in [0.2, 0.25) is 0 Å². The van der Waals surface area contributed by atoms with Crippen molar-refractivity contribution in [3.05, 3.63) is 59.5 Å². The van der Waals surface area contributed by atoms with Gasteiger partial charge in [-0.05, 0) is 30.2 Å². The van der Waals surface area contributed by atoms with E-state index in [2.05, 4.69) is 23.5 Å². The van der Waals surface area contributed by atoms with Crippen LogP contribution in [0.2, 0.25) is 0 Å². The first-order valence-electron chi connectivity index (χ1n) is 5.89. The number of benzene rings is 1. The van der Waals surface area contributed by atoms with Crippen molar-refractivity contribution in [2.75, 3.05) is 6.54 Å². The lowest BCUT2D eigenvalue weighted by Gasteiger charge is -2.08. The summed E-state index contributed by atoms with van der Waals surface area (Å²) in [6.07, 6.45) is 4.47. The zero-order chi connectivity index (χ0) is 11.9. The summed E-state index contributed by atoms with van der Waals surface area (Å²) in [5, 5.41) is 3.39. The van der Waals surface area contributed by atoms with E-state index < -0.39 is 0 Å². The molecule has 0 radical (unpaired) electrons. The predicted molar refractivity (Wildman–Crippen MR) is 68.5 cm³/mol. The van der Waals surface area contributed by atoms with Crippen molar-refractivity contribution in [1.82, 2.24) is 5.32 Å². The van der Waals surface area contributed by atoms with Crippen molar-refractivity contribution >= 4 is 0 Å². The Balaban J connectivity index is 1.78. The van der Waals surface area contributed by atoms with E-state index in [9.17, 15) is 0 Å². The van der Waals surface area contributed by atoms with E-state index in [1.807, 2.05) is 12.1 Å². The van der Waals surface area contributed by atoms with Crippen molar-refractivity contribution in [3.63, 3.8) is 0 Å². The SMILES string of the molecule is NCc1ccccc1CCNCc1ccoc1. The molecule has 3 N–H and O–H groups in total. The van der Waals surface area contributed by atoms with Gasteiger partial charge in [-0.1, -0.05) is 24.3 Å². The average Bonchev–Trinajstić information content (AvgIpc) is 2.88. The molecule has 1 aromatic heterocycles. The minimum atomic E-state index is 0.609. The maximum absolute atomic E-state index is 5.70. The van der Waals surface area contributed by atoms with E-state index in [-0.39, 0.29) is 0 Å². The lowest BCUT2D eigenvalue weighted by atomic mass is 10.0. The Morgan fingerprint density at radius 3 is 2.65 bits per heavy atom. The summed E-state index contributed by atoms with van der Waals surface area (Å²) in [4.78, 5) is 0. The second-order valence-electron chi connectivity index (χ2n) is 4.03. The molecule has 0 aliphatic rings. The summed E-state index contributed by atoms with van der Waals surface area (Å²) in [5.41, 5.74) is 9.44. The van der Waals surface area contributed by atoms with Crippen LogP contribution in [0.4, 0.5) is 0 Å². The van der Waals surface area contributed by atoms with Gasteiger partial charge in [-0.2, -0.15) is 0 Å². The lowest BCUT2D eigenvalue weighted by molar-refractivity contribution is 0.560. The molecule has 0 bridgehead atoms. The molecule has 2 aromatic rings. The number of furan rings is 1. The maximum Gasteiger partial charge on any atom is 0.0947 e. The highest BCUT2D eigenvalue weighted by Gasteiger charge is 1.99. The Hall–Kier alpha value is -1.58. The fourth-order valence-electron chi connectivity index (χ4n) is 1.85. The van der Waals surface area contributed by atoms with Gasteiger partial charge in [0.15, 0.2) is 0 Å². The van der Waals surface area contributed by atoms with Gasteiger partial charge in [0.1, 0.15) is 0 Å². The summed E-state index contributed by atoms with van der Waals surface area (Å²) in [6.45, 7) is 2.40. The molecule has 0 spiro atoms. The highest BCUT2D eigenvalue weighted by Crippen LogP contribution is 2.08. The van der Waals surface area contributed by atoms with Crippen molar-refractivity contribution in [2.24, 2.45) is 5.73 Å². The quantitative estimate of drug-likeness (QED) is 0.747. The molecule has 0 aliphatic heterocycles. The zero-order valence-electron chi connectivity index (χ0n) is 9.86. The molecule has 2 rings (SSSR count). The number of hydrogen-bond acceptors (Lipinski definition) is 3. The van der Waals surface area contributed by atoms with Crippen LogP contribution < -0.4 is 11.1 Å². The van der Waals surface area contributed by atoms with E-state index in [0.717, 1.165) is 19.5 Å². The van der Waals surface area contributed by atoms with E-state index in [0.29, 0.717) is 6.54 Å². The standard InChI is InChI=1S/C14H18N2O/c15-9-14-4-2-1-3-13(14)5-7-16-10-12-6-8-17-11-12/h1-4,6,8,11,16H,5,7,9-10,15H2. The third kappa shape index (κ3) is 3.44. The lowest BCUT2D eigenvalue weighted by Crippen LogP contribution is -2.17. The monoisotopic (exact) mass is 230 g/mol. The largest absolute Gasteiger partial charge is 0.472 e. The molecule has 0 atom stereocenters. The smallest absolute Gasteiger partial charge is 0.0947 e. The predicted octanol–water partition coefficient (Wildman–Crippen LogP) is 2.07. The second kappa shape index (κ2) is 6.23. The Morgan fingerprint density at radius 2 is 1.94 bits per heavy atom. The van der Waals surface area contributed by atoms with Gasteiger partial charge in [-0.15, -0.1) is 0 Å². The number of rotatable bonds is 6. The van der Waals surface area contributed by atoms with E-state index >= 15 is 0 Å². The average molecular weight is 230 g/mol. The van der Waals surface area contributed by atoms with E-state index in [1.54, 1.807) is 12.5 Å². The van der Waals surface area contributed by atoms with Gasteiger partial charge in [-0.25, -0.2) is 0 Å². The number of nitrogens with two attached hydrogens (primary N) is 1. The molecular weight excluding hydrogens is 212 g/mol. The molecule has 90 valence electrons. The Bertz CT molecular complexity index is 437. The van der Waals surface area contributed by atoms with E-state index in [4.69, 9.17) is 10.2 Å². The first-order chi connectivity index (χ1) is 8.40. The molecule has 0 aliphatic carbocycles. The first-order valence-corrected chi connectivity index (χ1v) is 5.89. The van der Waals surface area contributed by atoms with Crippen LogP contribution in [0.25, 0.3) is 0 Å². The summed E-state index contributed by atoms with van der Waals surface area (Å²) in [6, 6.07) is 10.3. The van der Waals surface area contributed by atoms with Crippen LogP contribution in [-0.4, -0.2) is 6.54 Å². The second-order valence-corrected chi connectivity index (χ2v) is 4.03. The van der Waals surface area contributed by atoms with Crippen LogP contribution in [-0.2, 0) is 19.5 Å². The molecule has 0 unspecified atom stereocenters. The van der Waals surface area contributed by atoms with Gasteiger partial charge in [0, 0.05) is 18.7 Å². The van der Waals surface area contributed by atoms with Crippen LogP contribution in [0.15, 0.2) is 47.3 Å². The minimum Gasteiger partial charge on any atom is -0.472 e. The third-order valence-corrected chi connectivity index (χ3v) is 2.82.